The molecule has 1 aromatic carbocycles. The molecule has 0 atom stereocenters. The van der Waals surface area contributed by atoms with Crippen molar-refractivity contribution in [1.82, 2.24) is 0 Å². The highest BCUT2D eigenvalue weighted by Gasteiger charge is 2.28. The second kappa shape index (κ2) is 3.23. The zero-order valence-corrected chi connectivity index (χ0v) is 9.55. The van der Waals surface area contributed by atoms with Crippen LogP contribution in [0.2, 0.25) is 0 Å². The van der Waals surface area contributed by atoms with E-state index in [4.69, 9.17) is 0 Å². The molecule has 6 heteroatoms. The van der Waals surface area contributed by atoms with E-state index >= 15 is 0 Å². The molecular formula is C10H6O4S2. The Morgan fingerprint density at radius 2 is 1.88 bits per heavy atom. The lowest BCUT2D eigenvalue weighted by molar-refractivity contribution is 0.436. The van der Waals surface area contributed by atoms with Crippen LogP contribution in [-0.2, 0) is 10.4 Å². The highest BCUT2D eigenvalue weighted by Crippen LogP contribution is 2.39. The molecule has 0 saturated carbocycles. The Balaban J connectivity index is 2.09. The van der Waals surface area contributed by atoms with Gasteiger partial charge in [-0.3, -0.25) is 0 Å². The molecule has 0 N–H and O–H groups in total. The van der Waals surface area contributed by atoms with Gasteiger partial charge in [0.25, 0.3) is 0 Å². The number of hydrogen-bond donors (Lipinski definition) is 0. The van der Waals surface area contributed by atoms with Gasteiger partial charge in [0.2, 0.25) is 0 Å². The van der Waals surface area contributed by atoms with E-state index < -0.39 is 10.4 Å². The highest BCUT2D eigenvalue weighted by atomic mass is 32.3. The first-order valence-corrected chi connectivity index (χ1v) is 6.67. The lowest BCUT2D eigenvalue weighted by atomic mass is 10.2. The van der Waals surface area contributed by atoms with Gasteiger partial charge >= 0.3 is 10.4 Å². The molecule has 0 unspecified atom stereocenters. The number of rotatable bonds is 1. The topological polar surface area (TPSA) is 52.6 Å². The van der Waals surface area contributed by atoms with Gasteiger partial charge in [0.15, 0.2) is 11.5 Å². The number of thiophene rings is 1. The molecule has 0 fully saturated rings. The molecule has 1 aliphatic rings. The summed E-state index contributed by atoms with van der Waals surface area (Å²) >= 11 is 1.58. The SMILES string of the molecule is O=S1(=O)Oc2ccc(-c3cccs3)cc2O1. The van der Waals surface area contributed by atoms with Crippen molar-refractivity contribution < 1.29 is 16.8 Å². The van der Waals surface area contributed by atoms with Crippen molar-refractivity contribution in [3.8, 4) is 21.9 Å². The van der Waals surface area contributed by atoms with Gasteiger partial charge in [0.1, 0.15) is 0 Å². The van der Waals surface area contributed by atoms with E-state index in [1.54, 1.807) is 29.5 Å². The van der Waals surface area contributed by atoms with Gasteiger partial charge < -0.3 is 8.37 Å². The van der Waals surface area contributed by atoms with Crippen molar-refractivity contribution in [1.29, 1.82) is 0 Å². The van der Waals surface area contributed by atoms with E-state index in [1.165, 1.54) is 0 Å². The standard InChI is InChI=1S/C10H6O4S2/c11-16(12)13-8-4-3-7(6-9(8)14-16)10-2-1-5-15-10/h1-6H. The molecule has 0 radical (unpaired) electrons. The lowest BCUT2D eigenvalue weighted by Gasteiger charge is -1.97. The maximum absolute atomic E-state index is 11.0. The maximum Gasteiger partial charge on any atom is 0.501 e. The Hall–Kier alpha value is -1.53. The fraction of sp³-hybridized carbons (Fsp3) is 0. The van der Waals surface area contributed by atoms with Crippen molar-refractivity contribution in [2.24, 2.45) is 0 Å². The van der Waals surface area contributed by atoms with Crippen LogP contribution in [0.4, 0.5) is 0 Å². The molecule has 1 aliphatic heterocycles. The van der Waals surface area contributed by atoms with Crippen LogP contribution in [-0.4, -0.2) is 8.42 Å². The van der Waals surface area contributed by atoms with E-state index in [1.807, 2.05) is 17.5 Å². The van der Waals surface area contributed by atoms with E-state index in [-0.39, 0.29) is 11.5 Å². The first-order chi connectivity index (χ1) is 7.64. The predicted molar refractivity (Wildman–Crippen MR) is 59.9 cm³/mol. The van der Waals surface area contributed by atoms with Crippen LogP contribution < -0.4 is 8.37 Å². The van der Waals surface area contributed by atoms with Crippen LogP contribution in [0.3, 0.4) is 0 Å². The largest absolute Gasteiger partial charge is 0.501 e. The van der Waals surface area contributed by atoms with Gasteiger partial charge in [-0.1, -0.05) is 6.07 Å². The lowest BCUT2D eigenvalue weighted by Crippen LogP contribution is -2.07. The molecule has 3 rings (SSSR count). The monoisotopic (exact) mass is 254 g/mol. The summed E-state index contributed by atoms with van der Waals surface area (Å²) in [6, 6.07) is 8.94. The summed E-state index contributed by atoms with van der Waals surface area (Å²) in [5.41, 5.74) is 0.912. The van der Waals surface area contributed by atoms with Gasteiger partial charge in [0.05, 0.1) is 0 Å². The van der Waals surface area contributed by atoms with Gasteiger partial charge in [-0.05, 0) is 35.2 Å². The molecule has 1 aromatic heterocycles. The molecule has 0 bridgehead atoms. The molecule has 0 spiro atoms. The number of benzene rings is 1. The minimum absolute atomic E-state index is 0.236. The smallest absolute Gasteiger partial charge is 0.349 e. The second-order valence-corrected chi connectivity index (χ2v) is 5.31. The van der Waals surface area contributed by atoms with Crippen molar-refractivity contribution in [3.63, 3.8) is 0 Å². The average Bonchev–Trinajstić information content (AvgIpc) is 2.80. The van der Waals surface area contributed by atoms with Gasteiger partial charge in [-0.15, -0.1) is 19.8 Å². The predicted octanol–water partition coefficient (Wildman–Crippen LogP) is 2.43. The Labute approximate surface area is 96.4 Å². The average molecular weight is 254 g/mol. The maximum atomic E-state index is 11.0. The van der Waals surface area contributed by atoms with Crippen LogP contribution in [0.15, 0.2) is 35.7 Å². The fourth-order valence-corrected chi connectivity index (χ4v) is 2.94. The zero-order chi connectivity index (χ0) is 11.2. The van der Waals surface area contributed by atoms with Crippen molar-refractivity contribution >= 4 is 21.7 Å². The molecule has 16 heavy (non-hydrogen) atoms. The minimum Gasteiger partial charge on any atom is -0.349 e. The summed E-state index contributed by atoms with van der Waals surface area (Å²) in [4.78, 5) is 1.05. The molecule has 2 heterocycles. The third-order valence-corrected chi connectivity index (χ3v) is 3.82. The molecule has 0 saturated heterocycles. The summed E-state index contributed by atoms with van der Waals surface area (Å²) in [5.74, 6) is 0.478. The summed E-state index contributed by atoms with van der Waals surface area (Å²) < 4.78 is 31.4. The quantitative estimate of drug-likeness (QED) is 0.784. The first-order valence-electron chi connectivity index (χ1n) is 4.46. The summed E-state index contributed by atoms with van der Waals surface area (Å²) in [7, 11) is -3.89. The second-order valence-electron chi connectivity index (χ2n) is 3.21. The van der Waals surface area contributed by atoms with E-state index in [0.717, 1.165) is 10.4 Å². The minimum atomic E-state index is -3.89. The first kappa shape index (κ1) is 9.68. The van der Waals surface area contributed by atoms with Crippen molar-refractivity contribution in [3.05, 3.63) is 35.7 Å². The van der Waals surface area contributed by atoms with Crippen molar-refractivity contribution in [2.45, 2.75) is 0 Å². The Bertz CT molecular complexity index is 629. The van der Waals surface area contributed by atoms with Crippen LogP contribution in [0.25, 0.3) is 10.4 Å². The molecule has 0 amide bonds. The van der Waals surface area contributed by atoms with Crippen molar-refractivity contribution in [2.75, 3.05) is 0 Å². The Morgan fingerprint density at radius 1 is 1.06 bits per heavy atom. The number of hydrogen-bond acceptors (Lipinski definition) is 5. The van der Waals surface area contributed by atoms with Gasteiger partial charge in [-0.25, -0.2) is 0 Å². The normalized spacial score (nSPS) is 16.2. The summed E-state index contributed by atoms with van der Waals surface area (Å²) in [5, 5.41) is 1.96. The number of fused-ring (bicyclic) bond motifs is 1. The van der Waals surface area contributed by atoms with Gasteiger partial charge in [0, 0.05) is 4.88 Å². The molecule has 4 nitrogen and oxygen atoms in total. The molecule has 2 aromatic rings. The van der Waals surface area contributed by atoms with E-state index in [9.17, 15) is 8.42 Å². The van der Waals surface area contributed by atoms with Crippen LogP contribution in [0, 0.1) is 0 Å². The van der Waals surface area contributed by atoms with E-state index in [2.05, 4.69) is 8.37 Å². The molecule has 0 aliphatic carbocycles. The molecule has 82 valence electrons. The van der Waals surface area contributed by atoms with Crippen LogP contribution in [0.5, 0.6) is 11.5 Å². The van der Waals surface area contributed by atoms with Crippen LogP contribution in [0.1, 0.15) is 0 Å². The third kappa shape index (κ3) is 1.56. The zero-order valence-electron chi connectivity index (χ0n) is 7.91. The Kier molecular flexibility index (Phi) is 1.95. The molecular weight excluding hydrogens is 248 g/mol. The third-order valence-electron chi connectivity index (χ3n) is 2.13. The van der Waals surface area contributed by atoms with E-state index in [0.29, 0.717) is 0 Å². The van der Waals surface area contributed by atoms with Gasteiger partial charge in [-0.2, -0.15) is 0 Å². The fourth-order valence-electron chi connectivity index (χ4n) is 1.48. The van der Waals surface area contributed by atoms with Crippen LogP contribution >= 0.6 is 11.3 Å². The highest BCUT2D eigenvalue weighted by molar-refractivity contribution is 7.82. The summed E-state index contributed by atoms with van der Waals surface area (Å²) in [6.45, 7) is 0. The Morgan fingerprint density at radius 3 is 2.62 bits per heavy atom. The summed E-state index contributed by atoms with van der Waals surface area (Å²) in [6.07, 6.45) is 0.